The second kappa shape index (κ2) is 8.02. The predicted molar refractivity (Wildman–Crippen MR) is 92.2 cm³/mol. The number of carbonyl (C=O) groups excluding carboxylic acids is 1. The summed E-state index contributed by atoms with van der Waals surface area (Å²) in [6, 6.07) is 16.6. The molecule has 0 spiro atoms. The second-order valence-corrected chi connectivity index (χ2v) is 5.27. The van der Waals surface area contributed by atoms with Gasteiger partial charge in [-0.05, 0) is 37.3 Å². The van der Waals surface area contributed by atoms with E-state index in [-0.39, 0.29) is 18.7 Å². The van der Waals surface area contributed by atoms with Crippen molar-refractivity contribution in [2.24, 2.45) is 0 Å². The fourth-order valence-electron chi connectivity index (χ4n) is 1.87. The summed E-state index contributed by atoms with van der Waals surface area (Å²) in [4.78, 5) is 13.5. The number of aliphatic hydroxyl groups excluding tert-OH is 1. The fourth-order valence-corrected chi connectivity index (χ4v) is 1.87. The van der Waals surface area contributed by atoms with Gasteiger partial charge in [0, 0.05) is 23.9 Å². The molecule has 0 bridgehead atoms. The van der Waals surface area contributed by atoms with Gasteiger partial charge in [0.15, 0.2) is 0 Å². The Morgan fingerprint density at radius 2 is 1.78 bits per heavy atom. The van der Waals surface area contributed by atoms with Gasteiger partial charge < -0.3 is 15.3 Å². The van der Waals surface area contributed by atoms with Crippen molar-refractivity contribution in [3.05, 3.63) is 65.7 Å². The van der Waals surface area contributed by atoms with Gasteiger partial charge in [-0.25, -0.2) is 4.79 Å². The molecule has 4 heteroatoms. The van der Waals surface area contributed by atoms with Crippen LogP contribution in [0, 0.1) is 11.8 Å². The lowest BCUT2D eigenvalue weighted by atomic mass is 10.1. The largest absolute Gasteiger partial charge is 0.394 e. The van der Waals surface area contributed by atoms with Crippen molar-refractivity contribution in [2.45, 2.75) is 13.0 Å². The molecule has 0 saturated carbocycles. The van der Waals surface area contributed by atoms with Crippen molar-refractivity contribution in [1.82, 2.24) is 4.90 Å². The van der Waals surface area contributed by atoms with E-state index in [2.05, 4.69) is 17.2 Å². The first-order valence-corrected chi connectivity index (χ1v) is 7.42. The molecule has 0 saturated heterocycles. The SMILES string of the molecule is CC(CO)N(C)C(=O)Nc1cccc(C#Cc2ccccc2)c1. The van der Waals surface area contributed by atoms with E-state index in [1.165, 1.54) is 4.90 Å². The van der Waals surface area contributed by atoms with E-state index in [4.69, 9.17) is 5.11 Å². The highest BCUT2D eigenvalue weighted by molar-refractivity contribution is 5.89. The third-order valence-corrected chi connectivity index (χ3v) is 3.48. The smallest absolute Gasteiger partial charge is 0.321 e. The summed E-state index contributed by atoms with van der Waals surface area (Å²) >= 11 is 0. The molecule has 2 N–H and O–H groups in total. The van der Waals surface area contributed by atoms with Gasteiger partial charge in [0.05, 0.1) is 12.6 Å². The molecule has 2 aromatic carbocycles. The lowest BCUT2D eigenvalue weighted by molar-refractivity contribution is 0.166. The van der Waals surface area contributed by atoms with Gasteiger partial charge >= 0.3 is 6.03 Å². The lowest BCUT2D eigenvalue weighted by Gasteiger charge is -2.23. The first-order chi connectivity index (χ1) is 11.1. The standard InChI is InChI=1S/C19H20N2O2/c1-15(14-22)21(2)19(23)20-18-10-6-9-17(13-18)12-11-16-7-4-3-5-8-16/h3-10,13,15,22H,14H2,1-2H3,(H,20,23). The molecule has 2 amide bonds. The van der Waals surface area contributed by atoms with Crippen LogP contribution in [-0.4, -0.2) is 35.7 Å². The molecule has 1 atom stereocenters. The molecule has 0 fully saturated rings. The van der Waals surface area contributed by atoms with Crippen LogP contribution in [0.5, 0.6) is 0 Å². The van der Waals surface area contributed by atoms with Crippen molar-refractivity contribution in [1.29, 1.82) is 0 Å². The molecule has 0 aliphatic heterocycles. The highest BCUT2D eigenvalue weighted by Gasteiger charge is 2.14. The number of likely N-dealkylation sites (N-methyl/N-ethyl adjacent to an activating group) is 1. The Hall–Kier alpha value is -2.77. The van der Waals surface area contributed by atoms with Crippen LogP contribution >= 0.6 is 0 Å². The minimum atomic E-state index is -0.264. The number of hydrogen-bond donors (Lipinski definition) is 2. The quantitative estimate of drug-likeness (QED) is 0.857. The number of carbonyl (C=O) groups is 1. The van der Waals surface area contributed by atoms with E-state index in [0.29, 0.717) is 5.69 Å². The summed E-state index contributed by atoms with van der Waals surface area (Å²) in [5.74, 6) is 6.17. The van der Waals surface area contributed by atoms with Gasteiger partial charge in [-0.3, -0.25) is 0 Å². The van der Waals surface area contributed by atoms with Crippen molar-refractivity contribution < 1.29 is 9.90 Å². The van der Waals surface area contributed by atoms with Crippen molar-refractivity contribution in [3.8, 4) is 11.8 Å². The third-order valence-electron chi connectivity index (χ3n) is 3.48. The highest BCUT2D eigenvalue weighted by atomic mass is 16.3. The van der Waals surface area contributed by atoms with Gasteiger partial charge in [0.25, 0.3) is 0 Å². The Bertz CT molecular complexity index is 717. The molecule has 2 aromatic rings. The number of nitrogens with one attached hydrogen (secondary N) is 1. The fraction of sp³-hybridized carbons (Fsp3) is 0.211. The first kappa shape index (κ1) is 16.6. The van der Waals surface area contributed by atoms with Crippen LogP contribution in [0.25, 0.3) is 0 Å². The summed E-state index contributed by atoms with van der Waals surface area (Å²) < 4.78 is 0. The number of nitrogens with zero attached hydrogens (tertiary/aromatic N) is 1. The minimum absolute atomic E-state index is 0.0769. The van der Waals surface area contributed by atoms with E-state index >= 15 is 0 Å². The number of anilines is 1. The minimum Gasteiger partial charge on any atom is -0.394 e. The Morgan fingerprint density at radius 3 is 2.48 bits per heavy atom. The van der Waals surface area contributed by atoms with Crippen LogP contribution in [0.1, 0.15) is 18.1 Å². The molecule has 23 heavy (non-hydrogen) atoms. The molecular weight excluding hydrogens is 288 g/mol. The zero-order valence-electron chi connectivity index (χ0n) is 13.3. The van der Waals surface area contributed by atoms with Crippen molar-refractivity contribution >= 4 is 11.7 Å². The average Bonchev–Trinajstić information content (AvgIpc) is 2.59. The Balaban J connectivity index is 2.09. The number of hydrogen-bond acceptors (Lipinski definition) is 2. The Labute approximate surface area is 136 Å². The van der Waals surface area contributed by atoms with E-state index in [9.17, 15) is 4.79 Å². The summed E-state index contributed by atoms with van der Waals surface area (Å²) in [6.07, 6.45) is 0. The van der Waals surface area contributed by atoms with Crippen molar-refractivity contribution in [3.63, 3.8) is 0 Å². The van der Waals surface area contributed by atoms with Gasteiger partial charge in [-0.15, -0.1) is 0 Å². The molecule has 0 aliphatic carbocycles. The molecule has 4 nitrogen and oxygen atoms in total. The highest BCUT2D eigenvalue weighted by Crippen LogP contribution is 2.11. The number of benzene rings is 2. The van der Waals surface area contributed by atoms with Gasteiger partial charge in [0.2, 0.25) is 0 Å². The average molecular weight is 308 g/mol. The zero-order chi connectivity index (χ0) is 16.7. The van der Waals surface area contributed by atoms with Crippen molar-refractivity contribution in [2.75, 3.05) is 19.0 Å². The summed E-state index contributed by atoms with van der Waals surface area (Å²) in [5, 5.41) is 11.9. The van der Waals surface area contributed by atoms with E-state index < -0.39 is 0 Å². The van der Waals surface area contributed by atoms with Gasteiger partial charge in [0.1, 0.15) is 0 Å². The van der Waals surface area contributed by atoms with Gasteiger partial charge in [-0.2, -0.15) is 0 Å². The molecule has 0 radical (unpaired) electrons. The summed E-state index contributed by atoms with van der Waals surface area (Å²) in [7, 11) is 1.65. The van der Waals surface area contributed by atoms with Crippen LogP contribution in [-0.2, 0) is 0 Å². The number of amides is 2. The molecular formula is C19H20N2O2. The van der Waals surface area contributed by atoms with E-state index in [1.807, 2.05) is 54.6 Å². The topological polar surface area (TPSA) is 52.6 Å². The molecule has 0 aromatic heterocycles. The Kier molecular flexibility index (Phi) is 5.79. The van der Waals surface area contributed by atoms with Crippen LogP contribution < -0.4 is 5.32 Å². The summed E-state index contributed by atoms with van der Waals surface area (Å²) in [6.45, 7) is 1.70. The molecule has 118 valence electrons. The molecule has 1 unspecified atom stereocenters. The van der Waals surface area contributed by atoms with Crippen LogP contribution in [0.3, 0.4) is 0 Å². The third kappa shape index (κ3) is 4.87. The van der Waals surface area contributed by atoms with Crippen LogP contribution in [0.15, 0.2) is 54.6 Å². The first-order valence-electron chi connectivity index (χ1n) is 7.42. The second-order valence-electron chi connectivity index (χ2n) is 5.27. The zero-order valence-corrected chi connectivity index (χ0v) is 13.3. The lowest BCUT2D eigenvalue weighted by Crippen LogP contribution is -2.40. The number of aliphatic hydroxyl groups is 1. The number of rotatable bonds is 3. The predicted octanol–water partition coefficient (Wildman–Crippen LogP) is 2.93. The van der Waals surface area contributed by atoms with Gasteiger partial charge in [-0.1, -0.05) is 36.1 Å². The maximum atomic E-state index is 12.1. The van der Waals surface area contributed by atoms with Crippen LogP contribution in [0.4, 0.5) is 10.5 Å². The maximum Gasteiger partial charge on any atom is 0.321 e. The molecule has 0 aliphatic rings. The summed E-state index contributed by atoms with van der Waals surface area (Å²) in [5.41, 5.74) is 2.44. The van der Waals surface area contributed by atoms with E-state index in [1.54, 1.807) is 14.0 Å². The van der Waals surface area contributed by atoms with Crippen LogP contribution in [0.2, 0.25) is 0 Å². The Morgan fingerprint density at radius 1 is 1.13 bits per heavy atom. The number of urea groups is 1. The molecule has 2 rings (SSSR count). The van der Waals surface area contributed by atoms with E-state index in [0.717, 1.165) is 11.1 Å². The maximum absolute atomic E-state index is 12.1. The monoisotopic (exact) mass is 308 g/mol. The normalized spacial score (nSPS) is 11.1. The molecule has 0 heterocycles.